The molecule has 2 amide bonds. The number of carbonyl (C=O) groups excluding carboxylic acids is 2. The first-order chi connectivity index (χ1) is 14.5. The molecule has 2 unspecified atom stereocenters. The van der Waals surface area contributed by atoms with Gasteiger partial charge in [0.1, 0.15) is 5.70 Å². The highest BCUT2D eigenvalue weighted by atomic mass is 32.1. The summed E-state index contributed by atoms with van der Waals surface area (Å²) in [5, 5.41) is 1.96. The first kappa shape index (κ1) is 23.0. The molecule has 2 atom stereocenters. The van der Waals surface area contributed by atoms with Crippen molar-refractivity contribution in [3.63, 3.8) is 0 Å². The second kappa shape index (κ2) is 11.1. The van der Waals surface area contributed by atoms with Gasteiger partial charge in [-0.05, 0) is 31.7 Å². The molecular weight excluding hydrogens is 396 g/mol. The van der Waals surface area contributed by atoms with E-state index in [2.05, 4.69) is 11.8 Å². The van der Waals surface area contributed by atoms with Crippen molar-refractivity contribution in [2.24, 2.45) is 0 Å². The molecule has 3 heterocycles. The number of hydrogen-bond acceptors (Lipinski definition) is 5. The minimum Gasteiger partial charge on any atom is -0.372 e. The number of nitrogens with zero attached hydrogens (tertiary/aromatic N) is 2. The lowest BCUT2D eigenvalue weighted by Crippen LogP contribution is -2.47. The van der Waals surface area contributed by atoms with E-state index in [1.807, 2.05) is 31.4 Å². The van der Waals surface area contributed by atoms with Gasteiger partial charge in [-0.25, -0.2) is 0 Å². The molecule has 6 heteroatoms. The number of hydrogen-bond donors (Lipinski definition) is 0. The van der Waals surface area contributed by atoms with Gasteiger partial charge in [0.25, 0.3) is 11.8 Å². The molecule has 1 saturated heterocycles. The van der Waals surface area contributed by atoms with Crippen molar-refractivity contribution in [3.05, 3.63) is 28.1 Å². The van der Waals surface area contributed by atoms with E-state index in [-0.39, 0.29) is 24.0 Å². The van der Waals surface area contributed by atoms with Crippen molar-refractivity contribution in [2.45, 2.75) is 84.3 Å². The van der Waals surface area contributed by atoms with Gasteiger partial charge in [-0.2, -0.15) is 0 Å². The molecule has 1 fully saturated rings. The molecule has 2 aliphatic rings. The van der Waals surface area contributed by atoms with Gasteiger partial charge in [0.05, 0.1) is 17.8 Å². The van der Waals surface area contributed by atoms with Crippen molar-refractivity contribution < 1.29 is 14.3 Å². The maximum absolute atomic E-state index is 13.3. The van der Waals surface area contributed by atoms with Crippen LogP contribution in [0.15, 0.2) is 23.2 Å². The van der Waals surface area contributed by atoms with Crippen molar-refractivity contribution in [1.82, 2.24) is 9.80 Å². The third-order valence-corrected chi connectivity index (χ3v) is 6.77. The van der Waals surface area contributed by atoms with Crippen LogP contribution < -0.4 is 0 Å². The van der Waals surface area contributed by atoms with Crippen LogP contribution in [0.1, 0.15) is 77.0 Å². The molecule has 0 saturated carbocycles. The number of ether oxygens (including phenoxy) is 1. The predicted octanol–water partition coefficient (Wildman–Crippen LogP) is 5.08. The summed E-state index contributed by atoms with van der Waals surface area (Å²) < 4.78 is 5.85. The molecule has 3 rings (SSSR count). The molecular formula is C24H36N2O3S. The lowest BCUT2D eigenvalue weighted by Gasteiger charge is -2.37. The fraction of sp³-hybridized carbons (Fsp3) is 0.667. The molecule has 0 aromatic carbocycles. The Morgan fingerprint density at radius 2 is 1.60 bits per heavy atom. The van der Waals surface area contributed by atoms with Crippen LogP contribution in [0.3, 0.4) is 0 Å². The standard InChI is InChI=1S/C24H36N2O3S/c1-4-5-6-7-8-9-10-11-14-26-23(27)21(20-13-12-15-30-20)22(24(26)28)25-16-18(2)29-19(3)17-25/h12-13,15,18-19H,4-11,14,16-17H2,1-3H3. The normalized spacial score (nSPS) is 22.5. The molecule has 0 spiro atoms. The van der Waals surface area contributed by atoms with Crippen LogP contribution >= 0.6 is 11.3 Å². The minimum atomic E-state index is -0.132. The van der Waals surface area contributed by atoms with E-state index in [9.17, 15) is 9.59 Å². The number of unbranched alkanes of at least 4 members (excludes halogenated alkanes) is 7. The molecule has 0 radical (unpaired) electrons. The summed E-state index contributed by atoms with van der Waals surface area (Å²) in [6.07, 6.45) is 9.63. The maximum atomic E-state index is 13.3. The Morgan fingerprint density at radius 3 is 2.20 bits per heavy atom. The highest BCUT2D eigenvalue weighted by Crippen LogP contribution is 2.35. The summed E-state index contributed by atoms with van der Waals surface area (Å²) in [4.78, 5) is 31.0. The predicted molar refractivity (Wildman–Crippen MR) is 122 cm³/mol. The Morgan fingerprint density at radius 1 is 0.967 bits per heavy atom. The number of carbonyl (C=O) groups is 2. The van der Waals surface area contributed by atoms with E-state index in [4.69, 9.17) is 4.74 Å². The van der Waals surface area contributed by atoms with E-state index in [0.717, 1.165) is 17.7 Å². The SMILES string of the molecule is CCCCCCCCCCN1C(=O)C(c2cccs2)=C(N2CC(C)OC(C)C2)C1=O. The zero-order valence-electron chi connectivity index (χ0n) is 18.7. The van der Waals surface area contributed by atoms with E-state index in [0.29, 0.717) is 30.9 Å². The van der Waals surface area contributed by atoms with Crippen LogP contribution in [-0.4, -0.2) is 53.5 Å². The lowest BCUT2D eigenvalue weighted by atomic mass is 10.1. The average Bonchev–Trinajstić information content (AvgIpc) is 3.30. The van der Waals surface area contributed by atoms with E-state index >= 15 is 0 Å². The van der Waals surface area contributed by atoms with Gasteiger partial charge in [0, 0.05) is 24.5 Å². The van der Waals surface area contributed by atoms with Crippen molar-refractivity contribution in [2.75, 3.05) is 19.6 Å². The Labute approximate surface area is 185 Å². The molecule has 0 aliphatic carbocycles. The highest BCUT2D eigenvalue weighted by Gasteiger charge is 2.43. The number of rotatable bonds is 11. The minimum absolute atomic E-state index is 0.0375. The van der Waals surface area contributed by atoms with Gasteiger partial charge in [-0.3, -0.25) is 14.5 Å². The summed E-state index contributed by atoms with van der Waals surface area (Å²) in [6, 6.07) is 3.88. The van der Waals surface area contributed by atoms with E-state index in [1.54, 1.807) is 0 Å². The van der Waals surface area contributed by atoms with Gasteiger partial charge in [-0.15, -0.1) is 11.3 Å². The van der Waals surface area contributed by atoms with Gasteiger partial charge in [0.2, 0.25) is 0 Å². The summed E-state index contributed by atoms with van der Waals surface area (Å²) in [5.74, 6) is -0.264. The van der Waals surface area contributed by atoms with Crippen LogP contribution in [0.25, 0.3) is 5.57 Å². The summed E-state index contributed by atoms with van der Waals surface area (Å²) in [6.45, 7) is 8.06. The third kappa shape index (κ3) is 5.52. The van der Waals surface area contributed by atoms with Gasteiger partial charge in [0.15, 0.2) is 0 Å². The summed E-state index contributed by atoms with van der Waals surface area (Å²) in [7, 11) is 0. The highest BCUT2D eigenvalue weighted by molar-refractivity contribution is 7.11. The fourth-order valence-corrected chi connectivity index (χ4v) is 5.23. The Kier molecular flexibility index (Phi) is 8.51. The third-order valence-electron chi connectivity index (χ3n) is 5.88. The molecule has 1 aromatic rings. The van der Waals surface area contributed by atoms with Crippen LogP contribution in [-0.2, 0) is 14.3 Å². The van der Waals surface area contributed by atoms with Crippen LogP contribution in [0.2, 0.25) is 0 Å². The Hall–Kier alpha value is -1.66. The average molecular weight is 433 g/mol. The zero-order chi connectivity index (χ0) is 21.5. The smallest absolute Gasteiger partial charge is 0.277 e. The summed E-state index contributed by atoms with van der Waals surface area (Å²) in [5.41, 5.74) is 1.15. The monoisotopic (exact) mass is 432 g/mol. The molecule has 2 aliphatic heterocycles. The number of morpholine rings is 1. The molecule has 5 nitrogen and oxygen atoms in total. The Bertz CT molecular complexity index is 734. The number of amides is 2. The molecule has 0 N–H and O–H groups in total. The van der Waals surface area contributed by atoms with Gasteiger partial charge < -0.3 is 9.64 Å². The van der Waals surface area contributed by atoms with Gasteiger partial charge >= 0.3 is 0 Å². The van der Waals surface area contributed by atoms with Crippen LogP contribution in [0.5, 0.6) is 0 Å². The van der Waals surface area contributed by atoms with Crippen molar-refractivity contribution in [1.29, 1.82) is 0 Å². The first-order valence-corrected chi connectivity index (χ1v) is 12.5. The molecule has 30 heavy (non-hydrogen) atoms. The van der Waals surface area contributed by atoms with Gasteiger partial charge in [-0.1, -0.05) is 57.9 Å². The molecule has 1 aromatic heterocycles. The maximum Gasteiger partial charge on any atom is 0.277 e. The largest absolute Gasteiger partial charge is 0.372 e. The Balaban J connectivity index is 1.65. The molecule has 0 bridgehead atoms. The molecule has 166 valence electrons. The van der Waals surface area contributed by atoms with Crippen molar-refractivity contribution >= 4 is 28.7 Å². The second-order valence-corrected chi connectivity index (χ2v) is 9.55. The second-order valence-electron chi connectivity index (χ2n) is 8.60. The quantitative estimate of drug-likeness (QED) is 0.361. The van der Waals surface area contributed by atoms with Crippen LogP contribution in [0, 0.1) is 0 Å². The van der Waals surface area contributed by atoms with Crippen molar-refractivity contribution in [3.8, 4) is 0 Å². The fourth-order valence-electron chi connectivity index (χ4n) is 4.47. The van der Waals surface area contributed by atoms with E-state index < -0.39 is 0 Å². The lowest BCUT2D eigenvalue weighted by molar-refractivity contribution is -0.138. The van der Waals surface area contributed by atoms with E-state index in [1.165, 1.54) is 54.8 Å². The number of thiophene rings is 1. The summed E-state index contributed by atoms with van der Waals surface area (Å²) >= 11 is 1.52. The first-order valence-electron chi connectivity index (χ1n) is 11.6. The number of imide groups is 1. The topological polar surface area (TPSA) is 49.9 Å². The zero-order valence-corrected chi connectivity index (χ0v) is 19.5. The van der Waals surface area contributed by atoms with Crippen LogP contribution in [0.4, 0.5) is 0 Å².